The molecular weight excluding hydrogens is 416 g/mol. The van der Waals surface area contributed by atoms with Gasteiger partial charge in [-0.15, -0.1) is 24.0 Å². The van der Waals surface area contributed by atoms with E-state index in [4.69, 9.17) is 5.73 Å². The maximum Gasteiger partial charge on any atom is 0.188 e. The van der Waals surface area contributed by atoms with Crippen molar-refractivity contribution in [2.45, 2.75) is 25.7 Å². The summed E-state index contributed by atoms with van der Waals surface area (Å²) in [5.41, 5.74) is 7.82. The number of guanidine groups is 1. The maximum atomic E-state index is 13.4. The van der Waals surface area contributed by atoms with Crippen LogP contribution in [0.5, 0.6) is 0 Å². The van der Waals surface area contributed by atoms with Crippen LogP contribution in [0.1, 0.15) is 25.0 Å². The lowest BCUT2D eigenvalue weighted by Crippen LogP contribution is -2.35. The molecule has 0 saturated carbocycles. The van der Waals surface area contributed by atoms with Gasteiger partial charge in [0, 0.05) is 12.0 Å². The Morgan fingerprint density at radius 2 is 1.83 bits per heavy atom. The molecule has 0 aliphatic rings. The molecular formula is C19H25FIN3. The monoisotopic (exact) mass is 441 g/mol. The molecule has 3 N–H and O–H groups in total. The van der Waals surface area contributed by atoms with Crippen LogP contribution < -0.4 is 11.1 Å². The quantitative estimate of drug-likeness (QED) is 0.406. The predicted molar refractivity (Wildman–Crippen MR) is 109 cm³/mol. The zero-order chi connectivity index (χ0) is 16.7. The van der Waals surface area contributed by atoms with Crippen molar-refractivity contribution in [1.82, 2.24) is 5.32 Å². The first-order valence-electron chi connectivity index (χ1n) is 7.81. The Bertz CT molecular complexity index is 657. The Morgan fingerprint density at radius 3 is 2.50 bits per heavy atom. The van der Waals surface area contributed by atoms with Crippen molar-refractivity contribution in [1.29, 1.82) is 0 Å². The number of nitrogens with one attached hydrogen (secondary N) is 1. The third kappa shape index (κ3) is 6.47. The average molecular weight is 441 g/mol. The van der Waals surface area contributed by atoms with Gasteiger partial charge in [0.25, 0.3) is 0 Å². The van der Waals surface area contributed by atoms with Gasteiger partial charge in [-0.2, -0.15) is 0 Å². The molecule has 0 saturated heterocycles. The number of nitrogens with zero attached hydrogens (tertiary/aromatic N) is 1. The lowest BCUT2D eigenvalue weighted by molar-refractivity contribution is 0.530. The van der Waals surface area contributed by atoms with Crippen molar-refractivity contribution in [2.24, 2.45) is 10.7 Å². The molecule has 2 rings (SSSR count). The molecule has 24 heavy (non-hydrogen) atoms. The summed E-state index contributed by atoms with van der Waals surface area (Å²) in [6.45, 7) is 5.30. The molecule has 0 heterocycles. The number of benzene rings is 2. The molecule has 0 fully saturated rings. The fourth-order valence-electron chi connectivity index (χ4n) is 2.32. The molecule has 0 atom stereocenters. The van der Waals surface area contributed by atoms with E-state index in [9.17, 15) is 4.39 Å². The minimum Gasteiger partial charge on any atom is -0.370 e. The van der Waals surface area contributed by atoms with Crippen LogP contribution in [0.25, 0.3) is 0 Å². The molecule has 0 aromatic heterocycles. The summed E-state index contributed by atoms with van der Waals surface area (Å²) in [5, 5.41) is 3.12. The number of aliphatic imine (C=N–C) groups is 1. The first kappa shape index (κ1) is 20.4. The van der Waals surface area contributed by atoms with E-state index in [2.05, 4.69) is 22.4 Å². The molecule has 0 unspecified atom stereocenters. The number of hydrogen-bond donors (Lipinski definition) is 2. The second kappa shape index (κ2) is 9.61. The molecule has 2 aromatic carbocycles. The highest BCUT2D eigenvalue weighted by atomic mass is 127. The van der Waals surface area contributed by atoms with Crippen LogP contribution in [0.15, 0.2) is 59.6 Å². The topological polar surface area (TPSA) is 50.4 Å². The molecule has 0 amide bonds. The van der Waals surface area contributed by atoms with E-state index in [-0.39, 0.29) is 35.2 Å². The number of halogens is 2. The summed E-state index contributed by atoms with van der Waals surface area (Å²) < 4.78 is 13.4. The molecule has 0 aliphatic carbocycles. The summed E-state index contributed by atoms with van der Waals surface area (Å²) in [4.78, 5) is 4.39. The molecule has 0 aliphatic heterocycles. The van der Waals surface area contributed by atoms with E-state index in [0.717, 1.165) is 18.5 Å². The van der Waals surface area contributed by atoms with Gasteiger partial charge in [0.05, 0.1) is 6.54 Å². The molecule has 0 spiro atoms. The molecule has 2 aromatic rings. The van der Waals surface area contributed by atoms with Crippen molar-refractivity contribution >= 4 is 29.9 Å². The van der Waals surface area contributed by atoms with Gasteiger partial charge in [0.15, 0.2) is 5.96 Å². The summed E-state index contributed by atoms with van der Waals surface area (Å²) in [6, 6.07) is 16.8. The van der Waals surface area contributed by atoms with Crippen molar-refractivity contribution in [3.05, 3.63) is 71.5 Å². The van der Waals surface area contributed by atoms with Gasteiger partial charge in [-0.25, -0.2) is 4.39 Å². The summed E-state index contributed by atoms with van der Waals surface area (Å²) in [6.07, 6.45) is 0.893. The fourth-order valence-corrected chi connectivity index (χ4v) is 2.32. The van der Waals surface area contributed by atoms with Gasteiger partial charge >= 0.3 is 0 Å². The molecule has 130 valence electrons. The van der Waals surface area contributed by atoms with Gasteiger partial charge in [0.1, 0.15) is 5.82 Å². The van der Waals surface area contributed by atoms with Crippen LogP contribution in [-0.4, -0.2) is 19.0 Å². The summed E-state index contributed by atoms with van der Waals surface area (Å²) in [5.74, 6) is 0.193. The normalized spacial score (nSPS) is 11.7. The van der Waals surface area contributed by atoms with Gasteiger partial charge in [-0.1, -0.05) is 56.3 Å². The minimum atomic E-state index is -0.270. The standard InChI is InChI=1S/C19H24FN3.HI/c1-19(2,16-9-6-10-17(20)13-16)14-23-18(21)22-12-11-15-7-4-3-5-8-15;/h3-10,13H,11-12,14H2,1-2H3,(H3,21,22,23);1H. The van der Waals surface area contributed by atoms with Crippen LogP contribution in [0, 0.1) is 5.82 Å². The second-order valence-electron chi connectivity index (χ2n) is 6.26. The largest absolute Gasteiger partial charge is 0.370 e. The van der Waals surface area contributed by atoms with E-state index in [1.807, 2.05) is 38.1 Å². The first-order valence-corrected chi connectivity index (χ1v) is 7.81. The third-order valence-electron chi connectivity index (χ3n) is 3.81. The van der Waals surface area contributed by atoms with Crippen LogP contribution in [0.4, 0.5) is 4.39 Å². The fraction of sp³-hybridized carbons (Fsp3) is 0.316. The molecule has 3 nitrogen and oxygen atoms in total. The Hall–Kier alpha value is -1.63. The van der Waals surface area contributed by atoms with Crippen molar-refractivity contribution in [3.63, 3.8) is 0 Å². The summed E-state index contributed by atoms with van der Waals surface area (Å²) in [7, 11) is 0. The number of hydrogen-bond acceptors (Lipinski definition) is 1. The third-order valence-corrected chi connectivity index (χ3v) is 3.81. The van der Waals surface area contributed by atoms with Crippen molar-refractivity contribution in [2.75, 3.05) is 13.1 Å². The number of nitrogens with two attached hydrogens (primary N) is 1. The molecule has 0 bridgehead atoms. The second-order valence-corrected chi connectivity index (χ2v) is 6.26. The Balaban J connectivity index is 0.00000288. The van der Waals surface area contributed by atoms with Gasteiger partial charge in [0.2, 0.25) is 0 Å². The van der Waals surface area contributed by atoms with E-state index < -0.39 is 0 Å². The average Bonchev–Trinajstić information content (AvgIpc) is 2.54. The van der Waals surface area contributed by atoms with Crippen LogP contribution >= 0.6 is 24.0 Å². The van der Waals surface area contributed by atoms with Crippen molar-refractivity contribution < 1.29 is 4.39 Å². The smallest absolute Gasteiger partial charge is 0.188 e. The highest BCUT2D eigenvalue weighted by Gasteiger charge is 2.20. The lowest BCUT2D eigenvalue weighted by Gasteiger charge is -2.23. The molecule has 0 radical (unpaired) electrons. The van der Waals surface area contributed by atoms with E-state index in [1.54, 1.807) is 12.1 Å². The highest BCUT2D eigenvalue weighted by Crippen LogP contribution is 2.23. The van der Waals surface area contributed by atoms with Crippen LogP contribution in [0.2, 0.25) is 0 Å². The van der Waals surface area contributed by atoms with Crippen molar-refractivity contribution in [3.8, 4) is 0 Å². The first-order chi connectivity index (χ1) is 11.0. The van der Waals surface area contributed by atoms with Gasteiger partial charge in [-0.3, -0.25) is 4.99 Å². The summed E-state index contributed by atoms with van der Waals surface area (Å²) >= 11 is 0. The van der Waals surface area contributed by atoms with E-state index >= 15 is 0 Å². The van der Waals surface area contributed by atoms with Crippen LogP contribution in [-0.2, 0) is 11.8 Å². The zero-order valence-electron chi connectivity index (χ0n) is 14.1. The maximum absolute atomic E-state index is 13.4. The van der Waals surface area contributed by atoms with E-state index in [1.165, 1.54) is 11.6 Å². The Kier molecular flexibility index (Phi) is 8.18. The number of rotatable bonds is 6. The Labute approximate surface area is 160 Å². The molecule has 5 heteroatoms. The lowest BCUT2D eigenvalue weighted by atomic mass is 9.85. The van der Waals surface area contributed by atoms with Gasteiger partial charge in [-0.05, 0) is 29.7 Å². The SMILES string of the molecule is CC(C)(CN=C(N)NCCc1ccccc1)c1cccc(F)c1.I. The van der Waals surface area contributed by atoms with Gasteiger partial charge < -0.3 is 11.1 Å². The predicted octanol–water partition coefficient (Wildman–Crippen LogP) is 3.87. The van der Waals surface area contributed by atoms with Crippen LogP contribution in [0.3, 0.4) is 0 Å². The highest BCUT2D eigenvalue weighted by molar-refractivity contribution is 14.0. The van der Waals surface area contributed by atoms with E-state index in [0.29, 0.717) is 12.5 Å². The Morgan fingerprint density at radius 1 is 1.12 bits per heavy atom. The zero-order valence-corrected chi connectivity index (χ0v) is 16.5. The minimum absolute atomic E-state index is 0.